The van der Waals surface area contributed by atoms with E-state index in [4.69, 9.17) is 17.2 Å². The third kappa shape index (κ3) is 2.61. The van der Waals surface area contributed by atoms with Crippen LogP contribution < -0.4 is 0 Å². The maximum Gasteiger partial charge on any atom is 0.133 e. The van der Waals surface area contributed by atoms with Crippen molar-refractivity contribution < 1.29 is 0 Å². The summed E-state index contributed by atoms with van der Waals surface area (Å²) >= 11 is 7.25. The molecule has 0 saturated heterocycles. The van der Waals surface area contributed by atoms with E-state index in [2.05, 4.69) is 29.0 Å². The zero-order chi connectivity index (χ0) is 12.5. The molecule has 0 unspecified atom stereocenters. The Morgan fingerprint density at radius 2 is 2.00 bits per heavy atom. The molecule has 0 bridgehead atoms. The van der Waals surface area contributed by atoms with Gasteiger partial charge in [0.15, 0.2) is 0 Å². The summed E-state index contributed by atoms with van der Waals surface area (Å²) < 4.78 is 2.96. The van der Waals surface area contributed by atoms with Crippen LogP contribution >= 0.6 is 23.6 Å². The second-order valence-corrected chi connectivity index (χ2v) is 5.31. The average molecular weight is 391 g/mol. The summed E-state index contributed by atoms with van der Waals surface area (Å²) in [4.78, 5) is 5.84. The molecule has 2 heterocycles. The zero-order valence-corrected chi connectivity index (χ0v) is 14.9. The van der Waals surface area contributed by atoms with E-state index in [1.165, 1.54) is 0 Å². The fraction of sp³-hybridized carbons (Fsp3) is 0.143. The van der Waals surface area contributed by atoms with Crippen molar-refractivity contribution in [1.82, 2.24) is 9.55 Å². The van der Waals surface area contributed by atoms with Crippen LogP contribution in [0.3, 0.4) is 0 Å². The van der Waals surface area contributed by atoms with E-state index < -0.39 is 0 Å². The molecule has 1 aromatic carbocycles. The smallest absolute Gasteiger partial charge is 0.133 e. The number of nitrogens with zero attached hydrogens (tertiary/aromatic N) is 2. The third-order valence-electron chi connectivity index (χ3n) is 2.92. The van der Waals surface area contributed by atoms with Crippen LogP contribution in [-0.4, -0.2) is 33.5 Å². The van der Waals surface area contributed by atoms with E-state index in [-0.39, 0.29) is 23.9 Å². The number of hydrogen-bond acceptors (Lipinski definition) is 3. The van der Waals surface area contributed by atoms with Gasteiger partial charge in [-0.25, -0.2) is 4.98 Å². The molecule has 0 fully saturated rings. The van der Waals surface area contributed by atoms with Crippen LogP contribution in [0, 0.1) is 4.64 Å². The topological polar surface area (TPSA) is 17.8 Å². The first-order valence-corrected chi connectivity index (χ1v) is 7.13. The molecule has 3 rings (SSSR count). The summed E-state index contributed by atoms with van der Waals surface area (Å²) in [6, 6.07) is 12.2. The van der Waals surface area contributed by atoms with Crippen LogP contribution in [0.5, 0.6) is 0 Å². The van der Waals surface area contributed by atoms with Gasteiger partial charge in [0.1, 0.15) is 10.3 Å². The fourth-order valence-corrected chi connectivity index (χ4v) is 3.24. The van der Waals surface area contributed by atoms with Crippen molar-refractivity contribution in [2.45, 2.75) is 13.5 Å². The minimum absolute atomic E-state index is 0. The summed E-state index contributed by atoms with van der Waals surface area (Å²) in [6.45, 7) is 2.97. The van der Waals surface area contributed by atoms with Gasteiger partial charge in [-0.3, -0.25) is 0 Å². The maximum atomic E-state index is 5.57. The first-order valence-electron chi connectivity index (χ1n) is 5.84. The number of hydrogen-bond donors (Lipinski definition) is 0. The molecule has 94 valence electrons. The van der Waals surface area contributed by atoms with Gasteiger partial charge in [0.25, 0.3) is 0 Å². The van der Waals surface area contributed by atoms with Crippen molar-refractivity contribution in [1.29, 1.82) is 0 Å². The summed E-state index contributed by atoms with van der Waals surface area (Å²) in [7, 11) is 0. The summed E-state index contributed by atoms with van der Waals surface area (Å²) in [6.07, 6.45) is 0. The first kappa shape index (κ1) is 14.7. The molecular formula is C14H12N2S2Sn. The number of aryl methyl sites for hydroxylation is 1. The molecule has 2 aromatic heterocycles. The van der Waals surface area contributed by atoms with Crippen molar-refractivity contribution in [3.63, 3.8) is 0 Å². The van der Waals surface area contributed by atoms with Gasteiger partial charge in [0, 0.05) is 30.5 Å². The molecule has 0 saturated carbocycles. The van der Waals surface area contributed by atoms with Gasteiger partial charge in [-0.1, -0.05) is 30.4 Å². The number of para-hydroxylation sites is 2. The van der Waals surface area contributed by atoms with Gasteiger partial charge in [0.05, 0.1) is 15.9 Å². The Hall–Kier alpha value is -0.721. The molecular weight excluding hydrogens is 379 g/mol. The van der Waals surface area contributed by atoms with Gasteiger partial charge in [0.2, 0.25) is 0 Å². The Kier molecular flexibility index (Phi) is 4.76. The van der Waals surface area contributed by atoms with Crippen molar-refractivity contribution in [3.8, 4) is 10.6 Å². The predicted octanol–water partition coefficient (Wildman–Crippen LogP) is 4.13. The summed E-state index contributed by atoms with van der Waals surface area (Å²) in [5.74, 6) is 0. The van der Waals surface area contributed by atoms with Crippen LogP contribution in [0.4, 0.5) is 0 Å². The largest absolute Gasteiger partial charge is 0.329 e. The Morgan fingerprint density at radius 1 is 1.21 bits per heavy atom. The van der Waals surface area contributed by atoms with Crippen LogP contribution in [0.1, 0.15) is 6.92 Å². The molecule has 0 amide bonds. The summed E-state index contributed by atoms with van der Waals surface area (Å²) in [5.41, 5.74) is 3.02. The van der Waals surface area contributed by atoms with Crippen LogP contribution in [0.2, 0.25) is 0 Å². The maximum absolute atomic E-state index is 5.57. The van der Waals surface area contributed by atoms with Gasteiger partial charge < -0.3 is 4.57 Å². The second-order valence-electron chi connectivity index (χ2n) is 3.98. The van der Waals surface area contributed by atoms with E-state index >= 15 is 0 Å². The molecule has 0 aliphatic carbocycles. The standard InChI is InChI=1S/C14H12N2S2.Sn/c1-2-16-11-7-4-3-6-10(11)15-13(14(16)17)12-8-5-9-18-12;/h3-9H,2H2,1H3;. The molecule has 5 heteroatoms. The van der Waals surface area contributed by atoms with E-state index in [9.17, 15) is 0 Å². The SMILES string of the molecule is CCn1c(=S)c(-c2cccs2)nc2ccccc21.[Sn]. The number of aromatic nitrogens is 2. The predicted molar refractivity (Wildman–Crippen MR) is 85.3 cm³/mol. The van der Waals surface area contributed by atoms with E-state index in [1.807, 2.05) is 24.3 Å². The monoisotopic (exact) mass is 392 g/mol. The zero-order valence-electron chi connectivity index (χ0n) is 10.5. The van der Waals surface area contributed by atoms with Gasteiger partial charge in [-0.2, -0.15) is 0 Å². The van der Waals surface area contributed by atoms with E-state index in [0.717, 1.165) is 32.8 Å². The first-order chi connectivity index (χ1) is 8.81. The second kappa shape index (κ2) is 6.15. The quantitative estimate of drug-likeness (QED) is 0.483. The van der Waals surface area contributed by atoms with Gasteiger partial charge in [-0.05, 0) is 30.5 Å². The molecule has 0 N–H and O–H groups in total. The number of fused-ring (bicyclic) bond motifs is 1. The van der Waals surface area contributed by atoms with E-state index in [0.29, 0.717) is 0 Å². The minimum atomic E-state index is 0. The van der Waals surface area contributed by atoms with Crippen LogP contribution in [0.15, 0.2) is 41.8 Å². The van der Waals surface area contributed by atoms with Gasteiger partial charge >= 0.3 is 0 Å². The van der Waals surface area contributed by atoms with E-state index in [1.54, 1.807) is 11.3 Å². The van der Waals surface area contributed by atoms with Crippen molar-refractivity contribution in [3.05, 3.63) is 46.4 Å². The van der Waals surface area contributed by atoms with Crippen LogP contribution in [-0.2, 0) is 6.54 Å². The third-order valence-corrected chi connectivity index (χ3v) is 4.21. The Morgan fingerprint density at radius 3 is 2.68 bits per heavy atom. The molecule has 0 aliphatic heterocycles. The normalized spacial score (nSPS) is 10.4. The molecule has 4 radical (unpaired) electrons. The number of benzene rings is 1. The average Bonchev–Trinajstić information content (AvgIpc) is 2.92. The number of thiophene rings is 1. The van der Waals surface area contributed by atoms with Gasteiger partial charge in [-0.15, -0.1) is 11.3 Å². The van der Waals surface area contributed by atoms with Crippen molar-refractivity contribution in [2.24, 2.45) is 0 Å². The molecule has 2 nitrogen and oxygen atoms in total. The Balaban J connectivity index is 0.00000133. The number of rotatable bonds is 2. The molecule has 19 heavy (non-hydrogen) atoms. The molecule has 0 spiro atoms. The summed E-state index contributed by atoms with van der Waals surface area (Å²) in [5, 5.41) is 2.05. The molecule has 0 aliphatic rings. The van der Waals surface area contributed by atoms with Crippen LogP contribution in [0.25, 0.3) is 21.6 Å². The minimum Gasteiger partial charge on any atom is -0.329 e. The fourth-order valence-electron chi connectivity index (χ4n) is 2.08. The van der Waals surface area contributed by atoms with Crippen molar-refractivity contribution in [2.75, 3.05) is 0 Å². The Bertz CT molecular complexity index is 748. The van der Waals surface area contributed by atoms with Crippen molar-refractivity contribution >= 4 is 58.5 Å². The molecule has 3 aromatic rings. The Labute approximate surface area is 138 Å². The molecule has 0 atom stereocenters.